The van der Waals surface area contributed by atoms with Crippen LogP contribution in [-0.4, -0.2) is 47.0 Å². The monoisotopic (exact) mass is 312 g/mol. The van der Waals surface area contributed by atoms with E-state index in [4.69, 9.17) is 0 Å². The number of rotatable bonds is 5. The van der Waals surface area contributed by atoms with Crippen molar-refractivity contribution < 1.29 is 4.79 Å². The summed E-state index contributed by atoms with van der Waals surface area (Å²) in [6, 6.07) is 8.03. The zero-order chi connectivity index (χ0) is 16.2. The van der Waals surface area contributed by atoms with E-state index in [2.05, 4.69) is 20.9 Å². The lowest BCUT2D eigenvalue weighted by atomic mass is 9.93. The molecule has 1 amide bonds. The Labute approximate surface area is 137 Å². The van der Waals surface area contributed by atoms with Gasteiger partial charge < -0.3 is 14.8 Å². The Hall–Kier alpha value is -2.14. The van der Waals surface area contributed by atoms with Crippen molar-refractivity contribution in [3.63, 3.8) is 0 Å². The van der Waals surface area contributed by atoms with Crippen molar-refractivity contribution >= 4 is 5.91 Å². The number of carbonyl (C=O) groups is 1. The van der Waals surface area contributed by atoms with E-state index in [0.717, 1.165) is 37.4 Å². The van der Waals surface area contributed by atoms with Crippen LogP contribution in [-0.2, 0) is 6.54 Å². The van der Waals surface area contributed by atoms with Gasteiger partial charge in [0.15, 0.2) is 0 Å². The Bertz CT molecular complexity index is 673. The van der Waals surface area contributed by atoms with Gasteiger partial charge in [-0.15, -0.1) is 0 Å². The average molecular weight is 312 g/mol. The highest BCUT2D eigenvalue weighted by Crippen LogP contribution is 2.26. The van der Waals surface area contributed by atoms with Crippen LogP contribution in [0.15, 0.2) is 36.7 Å². The lowest BCUT2D eigenvalue weighted by Gasteiger charge is -2.21. The van der Waals surface area contributed by atoms with E-state index in [-0.39, 0.29) is 5.91 Å². The van der Waals surface area contributed by atoms with Crippen molar-refractivity contribution in [2.24, 2.45) is 0 Å². The van der Waals surface area contributed by atoms with Crippen molar-refractivity contribution in [2.45, 2.75) is 25.8 Å². The second kappa shape index (κ2) is 6.96. The second-order valence-corrected chi connectivity index (χ2v) is 6.17. The molecule has 0 aliphatic carbocycles. The molecule has 1 saturated heterocycles. The maximum absolute atomic E-state index is 12.8. The van der Waals surface area contributed by atoms with Crippen LogP contribution in [0.5, 0.6) is 0 Å². The standard InChI is InChI=1S/C18H24N4O/c1-14-20-9-10-22(14)12-11-21(2)18(23)17-6-4-3-5-16(17)15-7-8-19-13-15/h3-6,9-10,15,19H,7-8,11-13H2,1-2H3/t15-/m1/s1. The Morgan fingerprint density at radius 1 is 1.43 bits per heavy atom. The van der Waals surface area contributed by atoms with Crippen molar-refractivity contribution in [3.8, 4) is 0 Å². The molecule has 1 aromatic heterocycles. The van der Waals surface area contributed by atoms with Gasteiger partial charge in [0.25, 0.3) is 5.91 Å². The van der Waals surface area contributed by atoms with E-state index in [1.54, 1.807) is 11.1 Å². The molecule has 1 N–H and O–H groups in total. The van der Waals surface area contributed by atoms with Crippen molar-refractivity contribution in [3.05, 3.63) is 53.6 Å². The Balaban J connectivity index is 1.71. The predicted octanol–water partition coefficient (Wildman–Crippen LogP) is 2.04. The number of aryl methyl sites for hydroxylation is 1. The van der Waals surface area contributed by atoms with Crippen molar-refractivity contribution in [1.29, 1.82) is 0 Å². The van der Waals surface area contributed by atoms with Crippen LogP contribution in [0, 0.1) is 6.92 Å². The maximum atomic E-state index is 12.8. The predicted molar refractivity (Wildman–Crippen MR) is 90.6 cm³/mol. The average Bonchev–Trinajstić information content (AvgIpc) is 3.23. The second-order valence-electron chi connectivity index (χ2n) is 6.17. The highest BCUT2D eigenvalue weighted by Gasteiger charge is 2.23. The summed E-state index contributed by atoms with van der Waals surface area (Å²) >= 11 is 0. The van der Waals surface area contributed by atoms with Gasteiger partial charge in [0.2, 0.25) is 0 Å². The molecule has 1 atom stereocenters. The van der Waals surface area contributed by atoms with Crippen LogP contribution in [0.4, 0.5) is 0 Å². The molecule has 0 radical (unpaired) electrons. The number of hydrogen-bond acceptors (Lipinski definition) is 3. The molecule has 122 valence electrons. The minimum Gasteiger partial charge on any atom is -0.340 e. The third-order valence-corrected chi connectivity index (χ3v) is 4.64. The third-order valence-electron chi connectivity index (χ3n) is 4.64. The summed E-state index contributed by atoms with van der Waals surface area (Å²) in [6.07, 6.45) is 4.84. The summed E-state index contributed by atoms with van der Waals surface area (Å²) in [6.45, 7) is 5.41. The number of imidazole rings is 1. The Kier molecular flexibility index (Phi) is 4.76. The molecule has 0 bridgehead atoms. The molecule has 5 heteroatoms. The number of nitrogens with one attached hydrogen (secondary N) is 1. The van der Waals surface area contributed by atoms with Crippen LogP contribution in [0.3, 0.4) is 0 Å². The molecule has 1 fully saturated rings. The first-order valence-corrected chi connectivity index (χ1v) is 8.19. The van der Waals surface area contributed by atoms with Crippen molar-refractivity contribution in [1.82, 2.24) is 19.8 Å². The van der Waals surface area contributed by atoms with Crippen molar-refractivity contribution in [2.75, 3.05) is 26.7 Å². The molecule has 3 rings (SSSR count). The first kappa shape index (κ1) is 15.7. The highest BCUT2D eigenvalue weighted by atomic mass is 16.2. The first-order valence-electron chi connectivity index (χ1n) is 8.19. The molecule has 1 aromatic carbocycles. The molecule has 1 aliphatic heterocycles. The molecule has 0 saturated carbocycles. The third kappa shape index (κ3) is 3.45. The first-order chi connectivity index (χ1) is 11.2. The van der Waals surface area contributed by atoms with Crippen LogP contribution < -0.4 is 5.32 Å². The molecule has 23 heavy (non-hydrogen) atoms. The summed E-state index contributed by atoms with van der Waals surface area (Å²) in [4.78, 5) is 18.9. The molecule has 1 aliphatic rings. The largest absolute Gasteiger partial charge is 0.340 e. The Morgan fingerprint density at radius 2 is 2.26 bits per heavy atom. The van der Waals surface area contributed by atoms with Gasteiger partial charge in [0.1, 0.15) is 5.82 Å². The fourth-order valence-electron chi connectivity index (χ4n) is 3.17. The van der Waals surface area contributed by atoms with Gasteiger partial charge >= 0.3 is 0 Å². The smallest absolute Gasteiger partial charge is 0.253 e. The van der Waals surface area contributed by atoms with Gasteiger partial charge in [0.05, 0.1) is 0 Å². The fraction of sp³-hybridized carbons (Fsp3) is 0.444. The van der Waals surface area contributed by atoms with Gasteiger partial charge in [-0.2, -0.15) is 0 Å². The summed E-state index contributed by atoms with van der Waals surface area (Å²) in [5.74, 6) is 1.52. The number of amides is 1. The normalized spacial score (nSPS) is 17.4. The van der Waals surface area contributed by atoms with E-state index >= 15 is 0 Å². The molecule has 5 nitrogen and oxygen atoms in total. The summed E-state index contributed by atoms with van der Waals surface area (Å²) in [5, 5.41) is 3.38. The quantitative estimate of drug-likeness (QED) is 0.919. The number of hydrogen-bond donors (Lipinski definition) is 1. The molecule has 0 unspecified atom stereocenters. The van der Waals surface area contributed by atoms with E-state index in [0.29, 0.717) is 12.5 Å². The zero-order valence-electron chi connectivity index (χ0n) is 13.8. The van der Waals surface area contributed by atoms with Gasteiger partial charge in [-0.1, -0.05) is 18.2 Å². The summed E-state index contributed by atoms with van der Waals surface area (Å²) in [7, 11) is 1.87. The Morgan fingerprint density at radius 3 is 2.96 bits per heavy atom. The van der Waals surface area contributed by atoms with Gasteiger partial charge in [0, 0.05) is 44.6 Å². The minimum atomic E-state index is 0.102. The molecule has 2 aromatic rings. The molecule has 2 heterocycles. The minimum absolute atomic E-state index is 0.102. The molecular weight excluding hydrogens is 288 g/mol. The number of benzene rings is 1. The lowest BCUT2D eigenvalue weighted by molar-refractivity contribution is 0.0788. The van der Waals surface area contributed by atoms with E-state index in [1.807, 2.05) is 38.4 Å². The van der Waals surface area contributed by atoms with Crippen LogP contribution in [0.2, 0.25) is 0 Å². The van der Waals surface area contributed by atoms with Crippen LogP contribution in [0.25, 0.3) is 0 Å². The van der Waals surface area contributed by atoms with E-state index in [1.165, 1.54) is 5.56 Å². The van der Waals surface area contributed by atoms with Crippen LogP contribution in [0.1, 0.15) is 34.1 Å². The molecular formula is C18H24N4O. The zero-order valence-corrected chi connectivity index (χ0v) is 13.8. The lowest BCUT2D eigenvalue weighted by Crippen LogP contribution is -2.31. The number of carbonyl (C=O) groups excluding carboxylic acids is 1. The SMILES string of the molecule is Cc1nccn1CCN(C)C(=O)c1ccccc1[C@@H]1CCNC1. The van der Waals surface area contributed by atoms with Gasteiger partial charge in [-0.3, -0.25) is 4.79 Å². The number of likely N-dealkylation sites (N-methyl/N-ethyl adjacent to an activating group) is 1. The van der Waals surface area contributed by atoms with E-state index in [9.17, 15) is 4.79 Å². The summed E-state index contributed by atoms with van der Waals surface area (Å²) in [5.41, 5.74) is 2.01. The number of aromatic nitrogens is 2. The van der Waals surface area contributed by atoms with Crippen LogP contribution >= 0.6 is 0 Å². The van der Waals surface area contributed by atoms with Gasteiger partial charge in [-0.25, -0.2) is 4.98 Å². The molecule has 0 spiro atoms. The van der Waals surface area contributed by atoms with E-state index < -0.39 is 0 Å². The fourth-order valence-corrected chi connectivity index (χ4v) is 3.17. The number of nitrogens with zero attached hydrogens (tertiary/aromatic N) is 3. The summed E-state index contributed by atoms with van der Waals surface area (Å²) < 4.78 is 2.07. The topological polar surface area (TPSA) is 50.2 Å². The highest BCUT2D eigenvalue weighted by molar-refractivity contribution is 5.95. The maximum Gasteiger partial charge on any atom is 0.253 e. The van der Waals surface area contributed by atoms with Gasteiger partial charge in [-0.05, 0) is 37.4 Å².